The Hall–Kier alpha value is -4.41. The molecule has 1 N–H and O–H groups in total. The Morgan fingerprint density at radius 1 is 1.00 bits per heavy atom. The van der Waals surface area contributed by atoms with Crippen molar-refractivity contribution in [1.82, 2.24) is 20.0 Å². The van der Waals surface area contributed by atoms with E-state index < -0.39 is 34.7 Å². The predicted molar refractivity (Wildman–Crippen MR) is 111 cm³/mol. The molecule has 8 nitrogen and oxygen atoms in total. The van der Waals surface area contributed by atoms with E-state index in [-0.39, 0.29) is 11.6 Å². The molecule has 0 saturated heterocycles. The number of carbonyl (C=O) groups excluding carboxylic acids is 1. The van der Waals surface area contributed by atoms with Crippen LogP contribution in [0.4, 0.5) is 18.9 Å². The molecule has 0 aliphatic carbocycles. The van der Waals surface area contributed by atoms with Crippen molar-refractivity contribution in [3.8, 4) is 23.2 Å². The SMILES string of the molecule is COc1c(F)c(F)cc(C(=O)Nc2ccc(Oc3ccc(-n4ccc(C)n4)nn3)cc2)c1F. The van der Waals surface area contributed by atoms with Crippen LogP contribution in [0.3, 0.4) is 0 Å². The average Bonchev–Trinajstić information content (AvgIpc) is 3.24. The van der Waals surface area contributed by atoms with Gasteiger partial charge >= 0.3 is 0 Å². The number of hydrogen-bond donors (Lipinski definition) is 1. The smallest absolute Gasteiger partial charge is 0.258 e. The van der Waals surface area contributed by atoms with E-state index in [2.05, 4.69) is 25.3 Å². The van der Waals surface area contributed by atoms with E-state index in [0.717, 1.165) is 12.8 Å². The van der Waals surface area contributed by atoms with Gasteiger partial charge in [0, 0.05) is 18.0 Å². The quantitative estimate of drug-likeness (QED) is 0.432. The molecule has 11 heteroatoms. The Labute approximate surface area is 185 Å². The molecule has 0 radical (unpaired) electrons. The van der Waals surface area contributed by atoms with Gasteiger partial charge in [-0.25, -0.2) is 13.5 Å². The number of amides is 1. The number of carbonyl (C=O) groups is 1. The van der Waals surface area contributed by atoms with E-state index in [4.69, 9.17) is 4.74 Å². The highest BCUT2D eigenvalue weighted by Crippen LogP contribution is 2.28. The van der Waals surface area contributed by atoms with Crippen LogP contribution in [0.25, 0.3) is 5.82 Å². The van der Waals surface area contributed by atoms with Crippen LogP contribution >= 0.6 is 0 Å². The molecule has 0 aliphatic heterocycles. The number of aryl methyl sites for hydroxylation is 1. The summed E-state index contributed by atoms with van der Waals surface area (Å²) in [4.78, 5) is 12.3. The summed E-state index contributed by atoms with van der Waals surface area (Å²) in [5.41, 5.74) is 0.412. The number of anilines is 1. The van der Waals surface area contributed by atoms with E-state index >= 15 is 0 Å². The molecular formula is C22H16F3N5O3. The van der Waals surface area contributed by atoms with Crippen LogP contribution < -0.4 is 14.8 Å². The van der Waals surface area contributed by atoms with Crippen molar-refractivity contribution in [2.75, 3.05) is 12.4 Å². The summed E-state index contributed by atoms with van der Waals surface area (Å²) >= 11 is 0. The molecule has 0 aliphatic rings. The van der Waals surface area contributed by atoms with Gasteiger partial charge in [0.25, 0.3) is 5.91 Å². The number of nitrogens with one attached hydrogen (secondary N) is 1. The van der Waals surface area contributed by atoms with Gasteiger partial charge < -0.3 is 14.8 Å². The number of rotatable bonds is 6. The molecule has 0 unspecified atom stereocenters. The highest BCUT2D eigenvalue weighted by atomic mass is 19.2. The summed E-state index contributed by atoms with van der Waals surface area (Å²) in [6.07, 6.45) is 1.76. The molecule has 0 atom stereocenters. The van der Waals surface area contributed by atoms with Gasteiger partial charge in [0.15, 0.2) is 23.2 Å². The fourth-order valence-electron chi connectivity index (χ4n) is 2.88. The fraction of sp³-hybridized carbons (Fsp3) is 0.0909. The minimum absolute atomic E-state index is 0.232. The van der Waals surface area contributed by atoms with Crippen molar-refractivity contribution in [3.05, 3.63) is 83.4 Å². The Morgan fingerprint density at radius 2 is 1.76 bits per heavy atom. The van der Waals surface area contributed by atoms with Crippen LogP contribution in [0.2, 0.25) is 0 Å². The summed E-state index contributed by atoms with van der Waals surface area (Å²) in [5, 5.41) is 14.7. The Kier molecular flexibility index (Phi) is 5.94. The van der Waals surface area contributed by atoms with Crippen molar-refractivity contribution in [1.29, 1.82) is 0 Å². The second-order valence-corrected chi connectivity index (χ2v) is 6.78. The third kappa shape index (κ3) is 4.61. The molecule has 4 rings (SSSR count). The second kappa shape index (κ2) is 8.99. The number of aromatic nitrogens is 4. The third-order valence-corrected chi connectivity index (χ3v) is 4.48. The van der Waals surface area contributed by atoms with Gasteiger partial charge in [0.05, 0.1) is 18.4 Å². The summed E-state index contributed by atoms with van der Waals surface area (Å²) in [6.45, 7) is 1.86. The molecule has 33 heavy (non-hydrogen) atoms. The standard InChI is InChI=1S/C22H16F3N5O3/c1-12-9-10-30(29-12)17-7-8-18(28-27-17)33-14-5-3-13(4-6-14)26-22(31)15-11-16(23)20(25)21(32-2)19(15)24/h3-11H,1-2H3,(H,26,31). The first-order valence-corrected chi connectivity index (χ1v) is 9.53. The monoisotopic (exact) mass is 455 g/mol. The minimum atomic E-state index is -1.51. The topological polar surface area (TPSA) is 91.2 Å². The highest BCUT2D eigenvalue weighted by molar-refractivity contribution is 6.04. The van der Waals surface area contributed by atoms with Gasteiger partial charge in [-0.2, -0.15) is 9.49 Å². The maximum Gasteiger partial charge on any atom is 0.258 e. The van der Waals surface area contributed by atoms with Crippen molar-refractivity contribution < 1.29 is 27.4 Å². The average molecular weight is 455 g/mol. The molecule has 1 amide bonds. The highest BCUT2D eigenvalue weighted by Gasteiger charge is 2.23. The van der Waals surface area contributed by atoms with Gasteiger partial charge in [0.1, 0.15) is 5.75 Å². The van der Waals surface area contributed by atoms with Crippen LogP contribution in [0, 0.1) is 24.4 Å². The van der Waals surface area contributed by atoms with Gasteiger partial charge in [0.2, 0.25) is 11.7 Å². The van der Waals surface area contributed by atoms with E-state index in [0.29, 0.717) is 17.6 Å². The lowest BCUT2D eigenvalue weighted by Gasteiger charge is -2.11. The van der Waals surface area contributed by atoms with Crippen LogP contribution in [-0.2, 0) is 0 Å². The summed E-state index contributed by atoms with van der Waals surface area (Å²) in [5.74, 6) is -5.02. The van der Waals surface area contributed by atoms with E-state index in [1.165, 1.54) is 24.3 Å². The normalized spacial score (nSPS) is 10.7. The Bertz CT molecular complexity index is 1310. The zero-order chi connectivity index (χ0) is 23.5. The van der Waals surface area contributed by atoms with Crippen LogP contribution in [-0.4, -0.2) is 33.0 Å². The zero-order valence-corrected chi connectivity index (χ0v) is 17.3. The van der Waals surface area contributed by atoms with E-state index in [1.807, 2.05) is 13.0 Å². The summed E-state index contributed by atoms with van der Waals surface area (Å²) in [7, 11) is 0.970. The van der Waals surface area contributed by atoms with Crippen molar-refractivity contribution >= 4 is 11.6 Å². The minimum Gasteiger partial charge on any atom is -0.491 e. The van der Waals surface area contributed by atoms with E-state index in [1.54, 1.807) is 23.0 Å². The molecular weight excluding hydrogens is 439 g/mol. The summed E-state index contributed by atoms with van der Waals surface area (Å²) in [6, 6.07) is 11.6. The van der Waals surface area contributed by atoms with Crippen LogP contribution in [0.15, 0.2) is 54.7 Å². The van der Waals surface area contributed by atoms with Gasteiger partial charge in [-0.05, 0) is 49.4 Å². The lowest BCUT2D eigenvalue weighted by molar-refractivity contribution is 0.102. The maximum atomic E-state index is 14.3. The number of ether oxygens (including phenoxy) is 2. The van der Waals surface area contributed by atoms with Gasteiger partial charge in [-0.15, -0.1) is 10.2 Å². The molecule has 168 valence electrons. The number of hydrogen-bond acceptors (Lipinski definition) is 6. The number of methoxy groups -OCH3 is 1. The number of benzene rings is 2. The lowest BCUT2D eigenvalue weighted by Crippen LogP contribution is -2.15. The first-order valence-electron chi connectivity index (χ1n) is 9.53. The number of nitrogens with zero attached hydrogens (tertiary/aromatic N) is 4. The molecule has 0 spiro atoms. The third-order valence-electron chi connectivity index (χ3n) is 4.48. The Balaban J connectivity index is 1.44. The Morgan fingerprint density at radius 3 is 2.36 bits per heavy atom. The first-order chi connectivity index (χ1) is 15.9. The summed E-state index contributed by atoms with van der Waals surface area (Å²) < 4.78 is 53.2. The fourth-order valence-corrected chi connectivity index (χ4v) is 2.88. The largest absolute Gasteiger partial charge is 0.491 e. The molecule has 2 aromatic carbocycles. The molecule has 0 bridgehead atoms. The van der Waals surface area contributed by atoms with Crippen LogP contribution in [0.5, 0.6) is 17.4 Å². The maximum absolute atomic E-state index is 14.3. The number of halogens is 3. The molecule has 2 heterocycles. The van der Waals surface area contributed by atoms with Gasteiger partial charge in [-0.1, -0.05) is 0 Å². The second-order valence-electron chi connectivity index (χ2n) is 6.78. The molecule has 2 aromatic heterocycles. The predicted octanol–water partition coefficient (Wildman–Crippen LogP) is 4.44. The van der Waals surface area contributed by atoms with Crippen LogP contribution in [0.1, 0.15) is 16.1 Å². The van der Waals surface area contributed by atoms with Gasteiger partial charge in [-0.3, -0.25) is 4.79 Å². The molecule has 0 fully saturated rings. The van der Waals surface area contributed by atoms with Crippen molar-refractivity contribution in [3.63, 3.8) is 0 Å². The molecule has 4 aromatic rings. The molecule has 0 saturated carbocycles. The van der Waals surface area contributed by atoms with Crippen molar-refractivity contribution in [2.24, 2.45) is 0 Å². The lowest BCUT2D eigenvalue weighted by atomic mass is 10.1. The zero-order valence-electron chi connectivity index (χ0n) is 17.3. The van der Waals surface area contributed by atoms with Crippen molar-refractivity contribution in [2.45, 2.75) is 6.92 Å². The first kappa shape index (κ1) is 21.8. The van der Waals surface area contributed by atoms with E-state index in [9.17, 15) is 18.0 Å².